The van der Waals surface area contributed by atoms with E-state index >= 15 is 0 Å². The second-order valence-corrected chi connectivity index (χ2v) is 7.11. The van der Waals surface area contributed by atoms with Crippen molar-refractivity contribution < 1.29 is 0 Å². The SMILES string of the molecule is CCc1cc(CNC(C)(C)C)cc(N(C)CC2CC2)n1. The maximum atomic E-state index is 4.78. The summed E-state index contributed by atoms with van der Waals surface area (Å²) in [5.41, 5.74) is 2.68. The maximum absolute atomic E-state index is 4.78. The van der Waals surface area contributed by atoms with Crippen LogP contribution >= 0.6 is 0 Å². The third-order valence-electron chi connectivity index (χ3n) is 3.73. The number of hydrogen-bond donors (Lipinski definition) is 1. The van der Waals surface area contributed by atoms with Crippen LogP contribution in [0.15, 0.2) is 12.1 Å². The zero-order chi connectivity index (χ0) is 14.8. The Morgan fingerprint density at radius 1 is 1.30 bits per heavy atom. The minimum absolute atomic E-state index is 0.149. The smallest absolute Gasteiger partial charge is 0.128 e. The van der Waals surface area contributed by atoms with Gasteiger partial charge in [0.25, 0.3) is 0 Å². The molecule has 0 radical (unpaired) electrons. The zero-order valence-electron chi connectivity index (χ0n) is 13.7. The molecule has 20 heavy (non-hydrogen) atoms. The van der Waals surface area contributed by atoms with Crippen LogP contribution in [0.4, 0.5) is 5.82 Å². The van der Waals surface area contributed by atoms with Crippen molar-refractivity contribution in [1.29, 1.82) is 0 Å². The Balaban J connectivity index is 2.10. The molecule has 1 aliphatic carbocycles. The average molecular weight is 275 g/mol. The van der Waals surface area contributed by atoms with Crippen LogP contribution < -0.4 is 10.2 Å². The quantitative estimate of drug-likeness (QED) is 0.862. The minimum Gasteiger partial charge on any atom is -0.359 e. The Labute approximate surface area is 123 Å². The highest BCUT2D eigenvalue weighted by atomic mass is 15.2. The van der Waals surface area contributed by atoms with Gasteiger partial charge in [0.1, 0.15) is 5.82 Å². The average Bonchev–Trinajstić information content (AvgIpc) is 3.19. The molecule has 0 amide bonds. The molecule has 3 heteroatoms. The second-order valence-electron chi connectivity index (χ2n) is 7.11. The van der Waals surface area contributed by atoms with E-state index < -0.39 is 0 Å². The molecule has 1 heterocycles. The van der Waals surface area contributed by atoms with E-state index in [0.717, 1.165) is 31.2 Å². The lowest BCUT2D eigenvalue weighted by molar-refractivity contribution is 0.424. The summed E-state index contributed by atoms with van der Waals surface area (Å²) >= 11 is 0. The zero-order valence-corrected chi connectivity index (χ0v) is 13.7. The number of hydrogen-bond acceptors (Lipinski definition) is 3. The highest BCUT2D eigenvalue weighted by molar-refractivity contribution is 5.42. The van der Waals surface area contributed by atoms with Gasteiger partial charge in [0.05, 0.1) is 0 Å². The van der Waals surface area contributed by atoms with E-state index in [-0.39, 0.29) is 5.54 Å². The molecule has 0 unspecified atom stereocenters. The van der Waals surface area contributed by atoms with Crippen molar-refractivity contribution in [2.75, 3.05) is 18.5 Å². The fraction of sp³-hybridized carbons (Fsp3) is 0.706. The highest BCUT2D eigenvalue weighted by Crippen LogP contribution is 2.30. The fourth-order valence-electron chi connectivity index (χ4n) is 2.26. The Morgan fingerprint density at radius 2 is 2.00 bits per heavy atom. The predicted molar refractivity (Wildman–Crippen MR) is 86.2 cm³/mol. The monoisotopic (exact) mass is 275 g/mol. The number of aromatic nitrogens is 1. The van der Waals surface area contributed by atoms with Crippen LogP contribution in [0.1, 0.15) is 51.8 Å². The first-order chi connectivity index (χ1) is 9.37. The van der Waals surface area contributed by atoms with Crippen molar-refractivity contribution in [3.05, 3.63) is 23.4 Å². The summed E-state index contributed by atoms with van der Waals surface area (Å²) in [5.74, 6) is 2.02. The number of nitrogens with one attached hydrogen (secondary N) is 1. The van der Waals surface area contributed by atoms with Crippen LogP contribution in [0.5, 0.6) is 0 Å². The van der Waals surface area contributed by atoms with Crippen molar-refractivity contribution in [2.45, 2.75) is 59.0 Å². The number of pyridine rings is 1. The van der Waals surface area contributed by atoms with Crippen LogP contribution in [0.3, 0.4) is 0 Å². The summed E-state index contributed by atoms with van der Waals surface area (Å²) in [6.45, 7) is 10.8. The van der Waals surface area contributed by atoms with E-state index in [1.807, 2.05) is 0 Å². The van der Waals surface area contributed by atoms with Crippen LogP contribution in [0.2, 0.25) is 0 Å². The highest BCUT2D eigenvalue weighted by Gasteiger charge is 2.23. The Kier molecular flexibility index (Phi) is 4.69. The molecular weight excluding hydrogens is 246 g/mol. The van der Waals surface area contributed by atoms with Gasteiger partial charge in [-0.3, -0.25) is 0 Å². The summed E-state index contributed by atoms with van der Waals surface area (Å²) in [6, 6.07) is 4.47. The molecule has 1 aromatic rings. The van der Waals surface area contributed by atoms with Crippen molar-refractivity contribution in [2.24, 2.45) is 5.92 Å². The van der Waals surface area contributed by atoms with Gasteiger partial charge in [-0.2, -0.15) is 0 Å². The molecule has 2 rings (SSSR count). The van der Waals surface area contributed by atoms with Crippen molar-refractivity contribution in [3.8, 4) is 0 Å². The molecule has 1 aromatic heterocycles. The maximum Gasteiger partial charge on any atom is 0.128 e. The number of anilines is 1. The molecule has 0 saturated heterocycles. The first-order valence-corrected chi connectivity index (χ1v) is 7.83. The third-order valence-corrected chi connectivity index (χ3v) is 3.73. The van der Waals surface area contributed by atoms with E-state index in [1.165, 1.54) is 24.1 Å². The summed E-state index contributed by atoms with van der Waals surface area (Å²) in [7, 11) is 2.17. The number of rotatable bonds is 6. The molecule has 0 atom stereocenters. The molecule has 1 N–H and O–H groups in total. The minimum atomic E-state index is 0.149. The van der Waals surface area contributed by atoms with E-state index in [9.17, 15) is 0 Å². The third kappa shape index (κ3) is 4.78. The van der Waals surface area contributed by atoms with Gasteiger partial charge in [0.2, 0.25) is 0 Å². The topological polar surface area (TPSA) is 28.2 Å². The lowest BCUT2D eigenvalue weighted by Crippen LogP contribution is -2.35. The lowest BCUT2D eigenvalue weighted by atomic mass is 10.1. The molecule has 112 valence electrons. The van der Waals surface area contributed by atoms with Crippen LogP contribution in [-0.4, -0.2) is 24.1 Å². The van der Waals surface area contributed by atoms with Gasteiger partial charge in [-0.25, -0.2) is 4.98 Å². The summed E-state index contributed by atoms with van der Waals surface area (Å²) in [5, 5.41) is 3.56. The summed E-state index contributed by atoms with van der Waals surface area (Å²) < 4.78 is 0. The van der Waals surface area contributed by atoms with Gasteiger partial charge < -0.3 is 10.2 Å². The Morgan fingerprint density at radius 3 is 2.55 bits per heavy atom. The molecule has 0 spiro atoms. The van der Waals surface area contributed by atoms with Crippen molar-refractivity contribution >= 4 is 5.82 Å². The first-order valence-electron chi connectivity index (χ1n) is 7.83. The van der Waals surface area contributed by atoms with Crippen molar-refractivity contribution in [1.82, 2.24) is 10.3 Å². The van der Waals surface area contributed by atoms with Gasteiger partial charge in [0, 0.05) is 31.4 Å². The largest absolute Gasteiger partial charge is 0.359 e. The van der Waals surface area contributed by atoms with Crippen molar-refractivity contribution in [3.63, 3.8) is 0 Å². The van der Waals surface area contributed by atoms with Crippen LogP contribution in [0, 0.1) is 5.92 Å². The molecule has 0 bridgehead atoms. The van der Waals surface area contributed by atoms with Crippen LogP contribution in [-0.2, 0) is 13.0 Å². The summed E-state index contributed by atoms with van der Waals surface area (Å²) in [6.07, 6.45) is 3.76. The normalized spacial score (nSPS) is 15.4. The van der Waals surface area contributed by atoms with E-state index in [1.54, 1.807) is 0 Å². The molecule has 1 aliphatic rings. The number of aryl methyl sites for hydroxylation is 1. The van der Waals surface area contributed by atoms with Gasteiger partial charge in [-0.05, 0) is 63.6 Å². The molecule has 0 aromatic carbocycles. The van der Waals surface area contributed by atoms with Gasteiger partial charge in [0.15, 0.2) is 0 Å². The predicted octanol–water partition coefficient (Wildman–Crippen LogP) is 3.38. The van der Waals surface area contributed by atoms with E-state index in [2.05, 4.69) is 57.1 Å². The Bertz CT molecular complexity index is 444. The lowest BCUT2D eigenvalue weighted by Gasteiger charge is -2.23. The standard InChI is InChI=1S/C17H29N3/c1-6-15-9-14(11-18-17(2,3)4)10-16(19-15)20(5)12-13-7-8-13/h9-10,13,18H,6-8,11-12H2,1-5H3. The second kappa shape index (κ2) is 6.13. The molecular formula is C17H29N3. The molecule has 0 aliphatic heterocycles. The first kappa shape index (κ1) is 15.3. The van der Waals surface area contributed by atoms with Gasteiger partial charge in [-0.1, -0.05) is 6.92 Å². The molecule has 1 fully saturated rings. The van der Waals surface area contributed by atoms with E-state index in [4.69, 9.17) is 4.98 Å². The Hall–Kier alpha value is -1.09. The molecule has 1 saturated carbocycles. The molecule has 3 nitrogen and oxygen atoms in total. The number of nitrogens with zero attached hydrogens (tertiary/aromatic N) is 2. The van der Waals surface area contributed by atoms with Crippen LogP contribution in [0.25, 0.3) is 0 Å². The summed E-state index contributed by atoms with van der Waals surface area (Å²) in [4.78, 5) is 7.09. The van der Waals surface area contributed by atoms with E-state index in [0.29, 0.717) is 0 Å². The van der Waals surface area contributed by atoms with Gasteiger partial charge in [-0.15, -0.1) is 0 Å². The van der Waals surface area contributed by atoms with Gasteiger partial charge >= 0.3 is 0 Å². The fourth-order valence-corrected chi connectivity index (χ4v) is 2.26.